The topological polar surface area (TPSA) is 89.6 Å². The number of hydrogen-bond donors (Lipinski definition) is 1. The van der Waals surface area contributed by atoms with Crippen LogP contribution in [0.2, 0.25) is 0 Å². The van der Waals surface area contributed by atoms with Crippen LogP contribution in [0.4, 0.5) is 5.69 Å². The highest BCUT2D eigenvalue weighted by Crippen LogP contribution is 2.15. The minimum atomic E-state index is -3.72. The van der Waals surface area contributed by atoms with Crippen molar-refractivity contribution in [1.82, 2.24) is 0 Å². The highest BCUT2D eigenvalue weighted by atomic mass is 32.2. The van der Waals surface area contributed by atoms with Gasteiger partial charge in [-0.05, 0) is 31.2 Å². The van der Waals surface area contributed by atoms with Crippen molar-refractivity contribution >= 4 is 27.7 Å². The van der Waals surface area contributed by atoms with Gasteiger partial charge in [-0.25, -0.2) is 13.6 Å². The van der Waals surface area contributed by atoms with E-state index in [4.69, 9.17) is 5.14 Å². The van der Waals surface area contributed by atoms with Gasteiger partial charge in [0.05, 0.1) is 16.8 Å². The third kappa shape index (κ3) is 4.08. The first-order valence-electron chi connectivity index (χ1n) is 6.14. The van der Waals surface area contributed by atoms with Gasteiger partial charge in [0, 0.05) is 5.56 Å². The van der Waals surface area contributed by atoms with Crippen LogP contribution in [0.25, 0.3) is 0 Å². The second-order valence-corrected chi connectivity index (χ2v) is 6.09. The minimum Gasteiger partial charge on any atom is -0.288 e. The highest BCUT2D eigenvalue weighted by Gasteiger charge is 2.06. The van der Waals surface area contributed by atoms with Crippen LogP contribution in [0.3, 0.4) is 0 Å². The average molecular weight is 302 g/mol. The molecule has 2 aromatic rings. The predicted molar refractivity (Wildman–Crippen MR) is 81.5 cm³/mol. The molecule has 0 aliphatic rings. The molecule has 0 heterocycles. The molecule has 0 aromatic heterocycles. The zero-order valence-electron chi connectivity index (χ0n) is 11.4. The molecule has 2 rings (SSSR count). The molecule has 0 atom stereocenters. The van der Waals surface area contributed by atoms with Gasteiger partial charge in [-0.3, -0.25) is 9.79 Å². The largest absolute Gasteiger partial charge is 0.288 e. The number of primary sulfonamides is 1. The maximum atomic E-state index is 11.9. The first-order chi connectivity index (χ1) is 9.86. The standard InChI is InChI=1S/C15H14N2O3S/c1-11-2-4-12(5-3-11)15(18)10-17-13-6-8-14(9-7-13)21(16,19)20/h2-10H,1H3,(H2,16,19,20). The molecule has 0 aliphatic carbocycles. The van der Waals surface area contributed by atoms with Crippen molar-refractivity contribution in [3.05, 3.63) is 59.7 Å². The van der Waals surface area contributed by atoms with Gasteiger partial charge < -0.3 is 0 Å². The number of carbonyl (C=O) groups excluding carboxylic acids is 1. The summed E-state index contributed by atoms with van der Waals surface area (Å²) >= 11 is 0. The van der Waals surface area contributed by atoms with Gasteiger partial charge >= 0.3 is 0 Å². The van der Waals surface area contributed by atoms with E-state index in [0.717, 1.165) is 5.56 Å². The molecule has 0 amide bonds. The van der Waals surface area contributed by atoms with E-state index in [1.807, 2.05) is 19.1 Å². The number of benzene rings is 2. The molecule has 0 fully saturated rings. The van der Waals surface area contributed by atoms with Crippen LogP contribution in [0, 0.1) is 6.92 Å². The summed E-state index contributed by atoms with van der Waals surface area (Å²) in [6, 6.07) is 12.8. The lowest BCUT2D eigenvalue weighted by atomic mass is 10.1. The Labute approximate surface area is 123 Å². The van der Waals surface area contributed by atoms with E-state index in [1.54, 1.807) is 12.1 Å². The molecule has 108 valence electrons. The zero-order chi connectivity index (χ0) is 15.5. The van der Waals surface area contributed by atoms with E-state index >= 15 is 0 Å². The van der Waals surface area contributed by atoms with Crippen molar-refractivity contribution in [2.24, 2.45) is 10.1 Å². The van der Waals surface area contributed by atoms with E-state index in [1.165, 1.54) is 30.5 Å². The first-order valence-corrected chi connectivity index (χ1v) is 7.69. The molecule has 21 heavy (non-hydrogen) atoms. The Bertz CT molecular complexity index is 777. The monoisotopic (exact) mass is 302 g/mol. The molecule has 0 radical (unpaired) electrons. The SMILES string of the molecule is Cc1ccc(C(=O)C=Nc2ccc(S(N)(=O)=O)cc2)cc1. The van der Waals surface area contributed by atoms with Gasteiger partial charge in [-0.1, -0.05) is 29.8 Å². The predicted octanol–water partition coefficient (Wildman–Crippen LogP) is 2.23. The number of nitrogens with two attached hydrogens (primary N) is 1. The summed E-state index contributed by atoms with van der Waals surface area (Å²) in [5.41, 5.74) is 2.09. The number of ketones is 1. The lowest BCUT2D eigenvalue weighted by molar-refractivity contribution is 0.107. The second-order valence-electron chi connectivity index (χ2n) is 4.53. The van der Waals surface area contributed by atoms with Crippen molar-refractivity contribution in [3.8, 4) is 0 Å². The fourth-order valence-corrected chi connectivity index (χ4v) is 2.16. The maximum absolute atomic E-state index is 11.9. The van der Waals surface area contributed by atoms with Crippen molar-refractivity contribution in [1.29, 1.82) is 0 Å². The Balaban J connectivity index is 2.14. The van der Waals surface area contributed by atoms with E-state index in [2.05, 4.69) is 4.99 Å². The molecule has 0 saturated carbocycles. The number of hydrogen-bond acceptors (Lipinski definition) is 4. The van der Waals surface area contributed by atoms with Crippen LogP contribution >= 0.6 is 0 Å². The summed E-state index contributed by atoms with van der Waals surface area (Å²) < 4.78 is 22.2. The molecule has 5 nitrogen and oxygen atoms in total. The summed E-state index contributed by atoms with van der Waals surface area (Å²) in [5.74, 6) is -0.217. The van der Waals surface area contributed by atoms with Crippen LogP contribution < -0.4 is 5.14 Å². The Morgan fingerprint density at radius 3 is 2.14 bits per heavy atom. The molecule has 6 heteroatoms. The van der Waals surface area contributed by atoms with Crippen LogP contribution in [0.15, 0.2) is 58.4 Å². The van der Waals surface area contributed by atoms with E-state index in [-0.39, 0.29) is 10.7 Å². The Kier molecular flexibility index (Phi) is 4.30. The smallest absolute Gasteiger partial charge is 0.238 e. The fourth-order valence-electron chi connectivity index (χ4n) is 1.65. The molecule has 0 unspecified atom stereocenters. The number of aliphatic imine (C=N–C) groups is 1. The second kappa shape index (κ2) is 5.99. The molecule has 0 bridgehead atoms. The summed E-state index contributed by atoms with van der Waals surface area (Å²) in [4.78, 5) is 15.9. The summed E-state index contributed by atoms with van der Waals surface area (Å²) in [5, 5.41) is 5.00. The third-order valence-electron chi connectivity index (χ3n) is 2.83. The first kappa shape index (κ1) is 15.1. The van der Waals surface area contributed by atoms with E-state index < -0.39 is 10.0 Å². The Morgan fingerprint density at radius 2 is 1.62 bits per heavy atom. The van der Waals surface area contributed by atoms with Gasteiger partial charge in [0.15, 0.2) is 0 Å². The highest BCUT2D eigenvalue weighted by molar-refractivity contribution is 7.89. The van der Waals surface area contributed by atoms with E-state index in [9.17, 15) is 13.2 Å². The van der Waals surface area contributed by atoms with Gasteiger partial charge in [-0.2, -0.15) is 0 Å². The quantitative estimate of drug-likeness (QED) is 0.693. The zero-order valence-corrected chi connectivity index (χ0v) is 12.2. The lowest BCUT2D eigenvalue weighted by Crippen LogP contribution is -2.11. The molecule has 0 aliphatic heterocycles. The Morgan fingerprint density at radius 1 is 1.05 bits per heavy atom. The maximum Gasteiger partial charge on any atom is 0.238 e. The summed E-state index contributed by atoms with van der Waals surface area (Å²) in [6.07, 6.45) is 1.20. The number of nitrogens with zero attached hydrogens (tertiary/aromatic N) is 1. The van der Waals surface area contributed by atoms with Crippen molar-refractivity contribution in [3.63, 3.8) is 0 Å². The van der Waals surface area contributed by atoms with Crippen molar-refractivity contribution < 1.29 is 13.2 Å². The van der Waals surface area contributed by atoms with Gasteiger partial charge in [0.1, 0.15) is 0 Å². The third-order valence-corrected chi connectivity index (χ3v) is 3.76. The number of sulfonamides is 1. The van der Waals surface area contributed by atoms with Crippen molar-refractivity contribution in [2.45, 2.75) is 11.8 Å². The molecule has 2 aromatic carbocycles. The normalized spacial score (nSPS) is 11.7. The molecule has 2 N–H and O–H groups in total. The lowest BCUT2D eigenvalue weighted by Gasteiger charge is -1.99. The molecular formula is C15H14N2O3S. The number of aryl methyl sites for hydroxylation is 1. The number of carbonyl (C=O) groups is 1. The van der Waals surface area contributed by atoms with Crippen LogP contribution in [0.1, 0.15) is 15.9 Å². The van der Waals surface area contributed by atoms with Gasteiger partial charge in [-0.15, -0.1) is 0 Å². The average Bonchev–Trinajstić information content (AvgIpc) is 2.45. The fraction of sp³-hybridized carbons (Fsp3) is 0.0667. The van der Waals surface area contributed by atoms with Crippen LogP contribution in [-0.2, 0) is 10.0 Å². The van der Waals surface area contributed by atoms with E-state index in [0.29, 0.717) is 11.3 Å². The van der Waals surface area contributed by atoms with Crippen LogP contribution in [-0.4, -0.2) is 20.4 Å². The molecule has 0 saturated heterocycles. The summed E-state index contributed by atoms with van der Waals surface area (Å²) in [6.45, 7) is 1.94. The minimum absolute atomic E-state index is 0.00584. The number of rotatable bonds is 4. The van der Waals surface area contributed by atoms with Gasteiger partial charge in [0.2, 0.25) is 15.8 Å². The molecular weight excluding hydrogens is 288 g/mol. The number of Topliss-reactive ketones (excluding diaryl/α,β-unsaturated/α-hetero) is 1. The summed E-state index contributed by atoms with van der Waals surface area (Å²) in [7, 11) is -3.72. The Hall–Kier alpha value is -2.31. The van der Waals surface area contributed by atoms with Crippen molar-refractivity contribution in [2.75, 3.05) is 0 Å². The van der Waals surface area contributed by atoms with Gasteiger partial charge in [0.25, 0.3) is 0 Å². The van der Waals surface area contributed by atoms with Crippen LogP contribution in [0.5, 0.6) is 0 Å². The molecule has 0 spiro atoms.